The molecule has 0 aliphatic carbocycles. The van der Waals surface area contributed by atoms with Crippen LogP contribution in [-0.4, -0.2) is 15.1 Å². The zero-order chi connectivity index (χ0) is 14.0. The van der Waals surface area contributed by atoms with Crippen LogP contribution in [0.2, 0.25) is 0 Å². The number of hydrogen-bond donors (Lipinski definition) is 1. The van der Waals surface area contributed by atoms with E-state index in [0.29, 0.717) is 5.56 Å². The highest BCUT2D eigenvalue weighted by molar-refractivity contribution is 5.35. The van der Waals surface area contributed by atoms with E-state index in [2.05, 4.69) is 9.97 Å². The number of aromatic nitrogens is 2. The molecule has 2 heterocycles. The van der Waals surface area contributed by atoms with Crippen LogP contribution < -0.4 is 0 Å². The van der Waals surface area contributed by atoms with Gasteiger partial charge in [0.15, 0.2) is 0 Å². The molecule has 0 aliphatic heterocycles. The second-order valence-electron chi connectivity index (χ2n) is 4.07. The molecule has 0 fully saturated rings. The van der Waals surface area contributed by atoms with Crippen LogP contribution in [0.1, 0.15) is 28.5 Å². The summed E-state index contributed by atoms with van der Waals surface area (Å²) in [6.07, 6.45) is -2.50. The van der Waals surface area contributed by atoms with Crippen molar-refractivity contribution < 1.29 is 18.3 Å². The third-order valence-electron chi connectivity index (χ3n) is 2.76. The number of alkyl halides is 3. The third-order valence-corrected chi connectivity index (χ3v) is 2.76. The zero-order valence-corrected chi connectivity index (χ0v) is 10.0. The average molecular weight is 268 g/mol. The first-order valence-electron chi connectivity index (χ1n) is 5.52. The van der Waals surface area contributed by atoms with Gasteiger partial charge in [0.05, 0.1) is 11.3 Å². The minimum atomic E-state index is -4.54. The van der Waals surface area contributed by atoms with E-state index in [1.54, 1.807) is 19.1 Å². The molecule has 3 nitrogen and oxygen atoms in total. The molecule has 19 heavy (non-hydrogen) atoms. The van der Waals surface area contributed by atoms with Gasteiger partial charge in [0, 0.05) is 24.2 Å². The van der Waals surface area contributed by atoms with Crippen LogP contribution in [0, 0.1) is 6.92 Å². The Bertz CT molecular complexity index is 584. The van der Waals surface area contributed by atoms with Crippen molar-refractivity contribution in [2.45, 2.75) is 19.2 Å². The summed E-state index contributed by atoms with van der Waals surface area (Å²) in [5.41, 5.74) is -0.384. The average Bonchev–Trinajstić information content (AvgIpc) is 2.37. The molecular weight excluding hydrogens is 257 g/mol. The summed E-state index contributed by atoms with van der Waals surface area (Å²) in [7, 11) is 0. The van der Waals surface area contributed by atoms with E-state index in [0.717, 1.165) is 18.5 Å². The van der Waals surface area contributed by atoms with Gasteiger partial charge in [-0.3, -0.25) is 9.97 Å². The minimum absolute atomic E-state index is 0.195. The highest BCUT2D eigenvalue weighted by atomic mass is 19.4. The van der Waals surface area contributed by atoms with Crippen molar-refractivity contribution in [1.82, 2.24) is 9.97 Å². The lowest BCUT2D eigenvalue weighted by atomic mass is 9.99. The first-order valence-corrected chi connectivity index (χ1v) is 5.52. The Morgan fingerprint density at radius 1 is 1.21 bits per heavy atom. The maximum Gasteiger partial charge on any atom is 0.416 e. The summed E-state index contributed by atoms with van der Waals surface area (Å²) in [4.78, 5) is 7.58. The van der Waals surface area contributed by atoms with Crippen molar-refractivity contribution >= 4 is 0 Å². The Labute approximate surface area is 107 Å². The Morgan fingerprint density at radius 2 is 1.95 bits per heavy atom. The molecule has 0 saturated carbocycles. The number of hydrogen-bond acceptors (Lipinski definition) is 3. The van der Waals surface area contributed by atoms with Gasteiger partial charge in [-0.1, -0.05) is 6.07 Å². The lowest BCUT2D eigenvalue weighted by molar-refractivity contribution is -0.139. The van der Waals surface area contributed by atoms with Gasteiger partial charge in [0.25, 0.3) is 0 Å². The topological polar surface area (TPSA) is 46.0 Å². The van der Waals surface area contributed by atoms with Crippen LogP contribution in [0.15, 0.2) is 36.8 Å². The molecule has 0 aliphatic rings. The predicted molar refractivity (Wildman–Crippen MR) is 62.3 cm³/mol. The molecule has 0 bridgehead atoms. The van der Waals surface area contributed by atoms with E-state index in [9.17, 15) is 18.3 Å². The number of halogens is 3. The fourth-order valence-electron chi connectivity index (χ4n) is 1.81. The number of nitrogens with zero attached hydrogens (tertiary/aromatic N) is 2. The molecule has 1 unspecified atom stereocenters. The van der Waals surface area contributed by atoms with Gasteiger partial charge in [-0.25, -0.2) is 0 Å². The van der Waals surface area contributed by atoms with E-state index >= 15 is 0 Å². The quantitative estimate of drug-likeness (QED) is 0.911. The van der Waals surface area contributed by atoms with Crippen molar-refractivity contribution in [3.63, 3.8) is 0 Å². The molecule has 0 amide bonds. The number of aliphatic hydroxyl groups is 1. The van der Waals surface area contributed by atoms with Crippen molar-refractivity contribution in [3.05, 3.63) is 59.2 Å². The van der Waals surface area contributed by atoms with Crippen molar-refractivity contribution in [3.8, 4) is 0 Å². The smallest absolute Gasteiger partial charge is 0.382 e. The number of pyridine rings is 2. The van der Waals surface area contributed by atoms with Crippen LogP contribution in [0.25, 0.3) is 0 Å². The van der Waals surface area contributed by atoms with Gasteiger partial charge in [0.2, 0.25) is 0 Å². The molecule has 0 aromatic carbocycles. The molecule has 1 N–H and O–H groups in total. The molecule has 1 atom stereocenters. The second-order valence-corrected chi connectivity index (χ2v) is 4.07. The van der Waals surface area contributed by atoms with Crippen LogP contribution >= 0.6 is 0 Å². The predicted octanol–water partition coefficient (Wildman–Crippen LogP) is 2.89. The van der Waals surface area contributed by atoms with Crippen LogP contribution in [0.4, 0.5) is 13.2 Å². The van der Waals surface area contributed by atoms with E-state index in [1.807, 2.05) is 0 Å². The summed E-state index contributed by atoms with van der Waals surface area (Å²) < 4.78 is 38.6. The summed E-state index contributed by atoms with van der Waals surface area (Å²) >= 11 is 0. The highest BCUT2D eigenvalue weighted by Gasteiger charge is 2.35. The second kappa shape index (κ2) is 4.97. The van der Waals surface area contributed by atoms with Crippen molar-refractivity contribution in [2.75, 3.05) is 0 Å². The van der Waals surface area contributed by atoms with Crippen molar-refractivity contribution in [2.24, 2.45) is 0 Å². The third kappa shape index (κ3) is 2.73. The minimum Gasteiger partial charge on any atom is -0.382 e. The van der Waals surface area contributed by atoms with Gasteiger partial charge < -0.3 is 5.11 Å². The molecular formula is C13H11F3N2O. The van der Waals surface area contributed by atoms with E-state index in [1.165, 1.54) is 6.20 Å². The number of aryl methyl sites for hydroxylation is 1. The molecule has 0 saturated heterocycles. The molecule has 0 spiro atoms. The van der Waals surface area contributed by atoms with Gasteiger partial charge in [0.1, 0.15) is 6.10 Å². The zero-order valence-electron chi connectivity index (χ0n) is 10.0. The Hall–Kier alpha value is -1.95. The molecule has 2 aromatic heterocycles. The molecule has 2 rings (SSSR count). The lowest BCUT2D eigenvalue weighted by Crippen LogP contribution is -2.14. The van der Waals surface area contributed by atoms with Gasteiger partial charge in [-0.05, 0) is 24.6 Å². The maximum atomic E-state index is 12.9. The molecule has 6 heteroatoms. The lowest BCUT2D eigenvalue weighted by Gasteiger charge is -2.17. The van der Waals surface area contributed by atoms with Crippen LogP contribution in [-0.2, 0) is 6.18 Å². The van der Waals surface area contributed by atoms with Crippen LogP contribution in [0.5, 0.6) is 0 Å². The first-order chi connectivity index (χ1) is 8.91. The van der Waals surface area contributed by atoms with Crippen LogP contribution in [0.3, 0.4) is 0 Å². The van der Waals surface area contributed by atoms with E-state index < -0.39 is 17.8 Å². The Balaban J connectivity index is 2.51. The summed E-state index contributed by atoms with van der Waals surface area (Å²) in [5.74, 6) is 0. The fourth-order valence-corrected chi connectivity index (χ4v) is 1.81. The highest BCUT2D eigenvalue weighted by Crippen LogP contribution is 2.35. The van der Waals surface area contributed by atoms with E-state index in [-0.39, 0.29) is 11.3 Å². The van der Waals surface area contributed by atoms with Crippen molar-refractivity contribution in [1.29, 1.82) is 0 Å². The Kier molecular flexibility index (Phi) is 3.53. The summed E-state index contributed by atoms with van der Waals surface area (Å²) in [5, 5.41) is 10.1. The maximum absolute atomic E-state index is 12.9. The number of aliphatic hydroxyl groups excluding tert-OH is 1. The number of rotatable bonds is 2. The van der Waals surface area contributed by atoms with Gasteiger partial charge in [-0.15, -0.1) is 0 Å². The molecule has 2 aromatic rings. The Morgan fingerprint density at radius 3 is 2.58 bits per heavy atom. The van der Waals surface area contributed by atoms with Gasteiger partial charge >= 0.3 is 6.18 Å². The SMILES string of the molecule is Cc1cccnc1C(O)c1cnccc1C(F)(F)F. The van der Waals surface area contributed by atoms with Gasteiger partial charge in [-0.2, -0.15) is 13.2 Å². The summed E-state index contributed by atoms with van der Waals surface area (Å²) in [6, 6.07) is 4.17. The summed E-state index contributed by atoms with van der Waals surface area (Å²) in [6.45, 7) is 1.68. The monoisotopic (exact) mass is 268 g/mol. The van der Waals surface area contributed by atoms with E-state index in [4.69, 9.17) is 0 Å². The molecule has 0 radical (unpaired) electrons. The molecule has 100 valence electrons. The fraction of sp³-hybridized carbons (Fsp3) is 0.231. The standard InChI is InChI=1S/C13H11F3N2O/c1-8-3-2-5-18-11(8)12(19)9-7-17-6-4-10(9)13(14,15)16/h2-7,12,19H,1H3. The first kappa shape index (κ1) is 13.5. The normalized spacial score (nSPS) is 13.3. The largest absolute Gasteiger partial charge is 0.416 e.